The Kier molecular flexibility index (Phi) is 5.43. The van der Waals surface area contributed by atoms with Crippen LogP contribution in [0.1, 0.15) is 31.3 Å². The third-order valence-corrected chi connectivity index (χ3v) is 5.83. The van der Waals surface area contributed by atoms with E-state index in [-0.39, 0.29) is 4.90 Å². The summed E-state index contributed by atoms with van der Waals surface area (Å²) in [4.78, 5) is 0.208. The van der Waals surface area contributed by atoms with Gasteiger partial charge in [0.05, 0.1) is 18.0 Å². The molecule has 1 atom stereocenters. The summed E-state index contributed by atoms with van der Waals surface area (Å²) >= 11 is 3.36. The van der Waals surface area contributed by atoms with Crippen LogP contribution in [0.3, 0.4) is 0 Å². The lowest BCUT2D eigenvalue weighted by molar-refractivity contribution is 0.354. The SMILES string of the molecule is CCn1c(OC)nnc1[C@@H](C)NS(=O)(=O)c1ccc(Br)c(C)c1. The van der Waals surface area contributed by atoms with Crippen LogP contribution >= 0.6 is 15.9 Å². The van der Waals surface area contributed by atoms with Gasteiger partial charge in [0.15, 0.2) is 5.82 Å². The molecule has 9 heteroatoms. The van der Waals surface area contributed by atoms with Gasteiger partial charge < -0.3 is 4.74 Å². The zero-order valence-electron chi connectivity index (χ0n) is 13.4. The Hall–Kier alpha value is -1.45. The molecule has 1 heterocycles. The number of hydrogen-bond donors (Lipinski definition) is 1. The summed E-state index contributed by atoms with van der Waals surface area (Å²) in [6, 6.07) is 4.70. The molecule has 2 aromatic rings. The number of rotatable bonds is 6. The highest BCUT2D eigenvalue weighted by molar-refractivity contribution is 9.10. The van der Waals surface area contributed by atoms with Crippen molar-refractivity contribution in [1.29, 1.82) is 0 Å². The number of hydrogen-bond acceptors (Lipinski definition) is 5. The van der Waals surface area contributed by atoms with Crippen molar-refractivity contribution in [1.82, 2.24) is 19.5 Å². The number of halogens is 1. The third-order valence-electron chi connectivity index (χ3n) is 3.40. The Labute approximate surface area is 144 Å². The average molecular weight is 403 g/mol. The minimum absolute atomic E-state index is 0.208. The van der Waals surface area contributed by atoms with Gasteiger partial charge in [-0.15, -0.1) is 5.10 Å². The van der Waals surface area contributed by atoms with E-state index in [0.717, 1.165) is 10.0 Å². The molecule has 0 unspecified atom stereocenters. The molecule has 1 aromatic heterocycles. The summed E-state index contributed by atoms with van der Waals surface area (Å²) in [6.07, 6.45) is 0. The van der Waals surface area contributed by atoms with E-state index in [2.05, 4.69) is 30.8 Å². The molecule has 1 aromatic carbocycles. The Morgan fingerprint density at radius 2 is 2.09 bits per heavy atom. The third kappa shape index (κ3) is 3.73. The molecule has 0 fully saturated rings. The average Bonchev–Trinajstić information content (AvgIpc) is 2.92. The monoisotopic (exact) mass is 402 g/mol. The van der Waals surface area contributed by atoms with Gasteiger partial charge in [0, 0.05) is 11.0 Å². The molecular formula is C14H19BrN4O3S. The number of aromatic nitrogens is 3. The molecule has 0 bridgehead atoms. The zero-order valence-corrected chi connectivity index (χ0v) is 15.8. The number of nitrogens with zero attached hydrogens (tertiary/aromatic N) is 3. The van der Waals surface area contributed by atoms with Crippen molar-refractivity contribution >= 4 is 26.0 Å². The number of methoxy groups -OCH3 is 1. The van der Waals surface area contributed by atoms with Gasteiger partial charge in [0.1, 0.15) is 0 Å². The van der Waals surface area contributed by atoms with Crippen LogP contribution in [0.15, 0.2) is 27.6 Å². The second kappa shape index (κ2) is 6.98. The number of aryl methyl sites for hydroxylation is 1. The Morgan fingerprint density at radius 1 is 1.39 bits per heavy atom. The molecule has 0 saturated carbocycles. The van der Waals surface area contributed by atoms with Crippen molar-refractivity contribution in [2.24, 2.45) is 0 Å². The second-order valence-electron chi connectivity index (χ2n) is 5.04. The Balaban J connectivity index is 2.29. The van der Waals surface area contributed by atoms with Crippen LogP contribution < -0.4 is 9.46 Å². The fourth-order valence-electron chi connectivity index (χ4n) is 2.21. The summed E-state index contributed by atoms with van der Waals surface area (Å²) in [5.41, 5.74) is 0.846. The fraction of sp³-hybridized carbons (Fsp3) is 0.429. The maximum absolute atomic E-state index is 12.5. The first-order chi connectivity index (χ1) is 10.8. The molecule has 0 aliphatic heterocycles. The molecule has 126 valence electrons. The van der Waals surface area contributed by atoms with E-state index >= 15 is 0 Å². The molecule has 0 amide bonds. The first kappa shape index (κ1) is 17.9. The van der Waals surface area contributed by atoms with Gasteiger partial charge in [0.2, 0.25) is 10.0 Å². The van der Waals surface area contributed by atoms with Gasteiger partial charge in [-0.05, 0) is 44.5 Å². The molecule has 0 aliphatic carbocycles. The van der Waals surface area contributed by atoms with Crippen LogP contribution in [0.4, 0.5) is 0 Å². The van der Waals surface area contributed by atoms with Crippen molar-refractivity contribution in [3.05, 3.63) is 34.1 Å². The summed E-state index contributed by atoms with van der Waals surface area (Å²) in [7, 11) is -2.16. The lowest BCUT2D eigenvalue weighted by Crippen LogP contribution is -2.29. The maximum Gasteiger partial charge on any atom is 0.316 e. The summed E-state index contributed by atoms with van der Waals surface area (Å²) in [5.74, 6) is 0.502. The zero-order chi connectivity index (χ0) is 17.2. The predicted molar refractivity (Wildman–Crippen MR) is 89.9 cm³/mol. The van der Waals surface area contributed by atoms with Crippen molar-refractivity contribution in [2.75, 3.05) is 7.11 Å². The Morgan fingerprint density at radius 3 is 2.65 bits per heavy atom. The van der Waals surface area contributed by atoms with E-state index < -0.39 is 16.1 Å². The molecule has 0 spiro atoms. The van der Waals surface area contributed by atoms with E-state index in [4.69, 9.17) is 4.74 Å². The molecular weight excluding hydrogens is 384 g/mol. The number of sulfonamides is 1. The first-order valence-electron chi connectivity index (χ1n) is 7.05. The van der Waals surface area contributed by atoms with Gasteiger partial charge in [-0.1, -0.05) is 21.0 Å². The van der Waals surface area contributed by atoms with Crippen molar-refractivity contribution in [2.45, 2.75) is 38.3 Å². The summed E-state index contributed by atoms with van der Waals surface area (Å²) in [6.45, 7) is 6.05. The fourth-order valence-corrected chi connectivity index (χ4v) is 3.74. The van der Waals surface area contributed by atoms with E-state index in [1.807, 2.05) is 13.8 Å². The van der Waals surface area contributed by atoms with Crippen molar-refractivity contribution in [3.63, 3.8) is 0 Å². The smallest absolute Gasteiger partial charge is 0.316 e. The van der Waals surface area contributed by atoms with E-state index in [1.54, 1.807) is 29.7 Å². The minimum atomic E-state index is -3.66. The van der Waals surface area contributed by atoms with Crippen LogP contribution in [0.5, 0.6) is 6.01 Å². The largest absolute Gasteiger partial charge is 0.467 e. The number of nitrogens with one attached hydrogen (secondary N) is 1. The van der Waals surface area contributed by atoms with Gasteiger partial charge >= 0.3 is 6.01 Å². The van der Waals surface area contributed by atoms with Gasteiger partial charge in [-0.25, -0.2) is 13.1 Å². The lowest BCUT2D eigenvalue weighted by atomic mass is 10.2. The highest BCUT2D eigenvalue weighted by atomic mass is 79.9. The van der Waals surface area contributed by atoms with Gasteiger partial charge in [0.25, 0.3) is 0 Å². The molecule has 1 N–H and O–H groups in total. The molecule has 2 rings (SSSR count). The quantitative estimate of drug-likeness (QED) is 0.801. The predicted octanol–water partition coefficient (Wildman–Crippen LogP) is 2.42. The van der Waals surface area contributed by atoms with Crippen LogP contribution in [0.2, 0.25) is 0 Å². The van der Waals surface area contributed by atoms with Gasteiger partial charge in [-0.3, -0.25) is 4.57 Å². The minimum Gasteiger partial charge on any atom is -0.467 e. The molecule has 0 saturated heterocycles. The number of benzene rings is 1. The second-order valence-corrected chi connectivity index (χ2v) is 7.61. The highest BCUT2D eigenvalue weighted by Crippen LogP contribution is 2.22. The van der Waals surface area contributed by atoms with Crippen LogP contribution in [-0.2, 0) is 16.6 Å². The van der Waals surface area contributed by atoms with Crippen LogP contribution in [0, 0.1) is 6.92 Å². The van der Waals surface area contributed by atoms with Crippen LogP contribution in [0.25, 0.3) is 0 Å². The summed E-state index contributed by atoms with van der Waals surface area (Å²) in [5, 5.41) is 7.93. The lowest BCUT2D eigenvalue weighted by Gasteiger charge is -2.15. The summed E-state index contributed by atoms with van der Waals surface area (Å²) < 4.78 is 35.4. The highest BCUT2D eigenvalue weighted by Gasteiger charge is 2.23. The molecule has 0 radical (unpaired) electrons. The number of ether oxygens (including phenoxy) is 1. The first-order valence-corrected chi connectivity index (χ1v) is 9.33. The van der Waals surface area contributed by atoms with E-state index in [0.29, 0.717) is 18.4 Å². The van der Waals surface area contributed by atoms with Crippen LogP contribution in [-0.4, -0.2) is 30.3 Å². The van der Waals surface area contributed by atoms with Crippen molar-refractivity contribution in [3.8, 4) is 6.01 Å². The van der Waals surface area contributed by atoms with E-state index in [9.17, 15) is 8.42 Å². The standard InChI is InChI=1S/C14H19BrN4O3S/c1-5-19-13(16-17-14(19)22-4)10(3)18-23(20,21)11-6-7-12(15)9(2)8-11/h6-8,10,18H,5H2,1-4H3/t10-/m1/s1. The Bertz CT molecular complexity index is 804. The molecule has 23 heavy (non-hydrogen) atoms. The van der Waals surface area contributed by atoms with Crippen molar-refractivity contribution < 1.29 is 13.2 Å². The topological polar surface area (TPSA) is 86.1 Å². The normalized spacial score (nSPS) is 13.1. The molecule has 0 aliphatic rings. The molecule has 7 nitrogen and oxygen atoms in total. The maximum atomic E-state index is 12.5. The van der Waals surface area contributed by atoms with Gasteiger partial charge in [-0.2, -0.15) is 0 Å². The van der Waals surface area contributed by atoms with E-state index in [1.165, 1.54) is 7.11 Å².